The average molecular weight is 256 g/mol. The Balaban J connectivity index is 2.02. The smallest absolute Gasteiger partial charge is 0.220 e. The molecule has 1 rings (SSSR count). The fraction of sp³-hybridized carbons (Fsp3) is 0.929. The van der Waals surface area contributed by atoms with E-state index in [9.17, 15) is 4.79 Å². The highest BCUT2D eigenvalue weighted by molar-refractivity contribution is 5.76. The van der Waals surface area contributed by atoms with Crippen LogP contribution in [0.3, 0.4) is 0 Å². The van der Waals surface area contributed by atoms with E-state index >= 15 is 0 Å². The number of nitrogens with one attached hydrogen (secondary N) is 1. The summed E-state index contributed by atoms with van der Waals surface area (Å²) in [6, 6.07) is 0.220. The summed E-state index contributed by atoms with van der Waals surface area (Å²) in [5.74, 6) is 0.530. The molecule has 0 aromatic rings. The third-order valence-corrected chi connectivity index (χ3v) is 3.55. The summed E-state index contributed by atoms with van der Waals surface area (Å²) in [4.78, 5) is 11.7. The summed E-state index contributed by atoms with van der Waals surface area (Å²) >= 11 is 0. The van der Waals surface area contributed by atoms with Crippen LogP contribution < -0.4 is 11.1 Å². The highest BCUT2D eigenvalue weighted by atomic mass is 16.5. The second-order valence-electron chi connectivity index (χ2n) is 5.23. The van der Waals surface area contributed by atoms with E-state index in [0.717, 1.165) is 38.9 Å². The number of hydrogen-bond acceptors (Lipinski definition) is 3. The van der Waals surface area contributed by atoms with Gasteiger partial charge in [-0.15, -0.1) is 0 Å². The molecule has 4 heteroatoms. The topological polar surface area (TPSA) is 64.3 Å². The molecule has 106 valence electrons. The number of amides is 1. The van der Waals surface area contributed by atoms with Crippen LogP contribution >= 0.6 is 0 Å². The van der Waals surface area contributed by atoms with Crippen molar-refractivity contribution in [1.29, 1.82) is 0 Å². The lowest BCUT2D eigenvalue weighted by Gasteiger charge is -2.27. The predicted molar refractivity (Wildman–Crippen MR) is 73.3 cm³/mol. The molecule has 2 unspecified atom stereocenters. The number of carbonyl (C=O) groups is 1. The Labute approximate surface area is 111 Å². The SMILES string of the molecule is CCCOCCCNC(=O)CC1CCCCC1N. The minimum Gasteiger partial charge on any atom is -0.381 e. The largest absolute Gasteiger partial charge is 0.381 e. The number of nitrogens with two attached hydrogens (primary N) is 1. The minimum absolute atomic E-state index is 0.146. The first kappa shape index (κ1) is 15.4. The lowest BCUT2D eigenvalue weighted by molar-refractivity contribution is -0.122. The molecule has 0 saturated heterocycles. The van der Waals surface area contributed by atoms with Crippen molar-refractivity contribution in [3.8, 4) is 0 Å². The fourth-order valence-electron chi connectivity index (χ4n) is 2.45. The molecule has 0 radical (unpaired) electrons. The summed E-state index contributed by atoms with van der Waals surface area (Å²) in [6.07, 6.45) is 7.15. The van der Waals surface area contributed by atoms with Crippen LogP contribution in [-0.4, -0.2) is 31.7 Å². The summed E-state index contributed by atoms with van der Waals surface area (Å²) in [7, 11) is 0. The van der Waals surface area contributed by atoms with E-state index in [2.05, 4.69) is 12.2 Å². The van der Waals surface area contributed by atoms with Crippen LogP contribution in [0.4, 0.5) is 0 Å². The van der Waals surface area contributed by atoms with Gasteiger partial charge in [-0.2, -0.15) is 0 Å². The molecule has 0 aromatic carbocycles. The summed E-state index contributed by atoms with van der Waals surface area (Å²) in [5, 5.41) is 2.95. The quantitative estimate of drug-likeness (QED) is 0.651. The molecular weight excluding hydrogens is 228 g/mol. The Morgan fingerprint density at radius 3 is 2.83 bits per heavy atom. The minimum atomic E-state index is 0.146. The molecule has 18 heavy (non-hydrogen) atoms. The van der Waals surface area contributed by atoms with Crippen molar-refractivity contribution in [1.82, 2.24) is 5.32 Å². The van der Waals surface area contributed by atoms with E-state index in [-0.39, 0.29) is 11.9 Å². The molecule has 0 aliphatic heterocycles. The van der Waals surface area contributed by atoms with Gasteiger partial charge in [0.25, 0.3) is 0 Å². The second kappa shape index (κ2) is 9.34. The zero-order valence-electron chi connectivity index (χ0n) is 11.6. The van der Waals surface area contributed by atoms with Crippen LogP contribution in [-0.2, 0) is 9.53 Å². The zero-order valence-corrected chi connectivity index (χ0v) is 11.6. The fourth-order valence-corrected chi connectivity index (χ4v) is 2.45. The molecule has 1 saturated carbocycles. The molecule has 2 atom stereocenters. The Morgan fingerprint density at radius 2 is 2.11 bits per heavy atom. The van der Waals surface area contributed by atoms with E-state index in [4.69, 9.17) is 10.5 Å². The van der Waals surface area contributed by atoms with E-state index < -0.39 is 0 Å². The molecule has 1 aliphatic carbocycles. The first-order chi connectivity index (χ1) is 8.74. The molecule has 4 nitrogen and oxygen atoms in total. The van der Waals surface area contributed by atoms with Gasteiger partial charge in [0.05, 0.1) is 0 Å². The van der Waals surface area contributed by atoms with E-state index in [1.54, 1.807) is 0 Å². The Hall–Kier alpha value is -0.610. The first-order valence-electron chi connectivity index (χ1n) is 7.34. The standard InChI is InChI=1S/C14H28N2O2/c1-2-9-18-10-5-8-16-14(17)11-12-6-3-4-7-13(12)15/h12-13H,2-11,15H2,1H3,(H,16,17). The van der Waals surface area contributed by atoms with Crippen LogP contribution in [0.2, 0.25) is 0 Å². The van der Waals surface area contributed by atoms with Crippen molar-refractivity contribution in [3.63, 3.8) is 0 Å². The van der Waals surface area contributed by atoms with Gasteiger partial charge in [0.15, 0.2) is 0 Å². The number of rotatable bonds is 8. The van der Waals surface area contributed by atoms with Crippen LogP contribution in [0.25, 0.3) is 0 Å². The van der Waals surface area contributed by atoms with Gasteiger partial charge in [-0.1, -0.05) is 19.8 Å². The number of ether oxygens (including phenoxy) is 1. The van der Waals surface area contributed by atoms with Crippen LogP contribution in [0.5, 0.6) is 0 Å². The molecule has 3 N–H and O–H groups in total. The van der Waals surface area contributed by atoms with Gasteiger partial charge in [0.1, 0.15) is 0 Å². The molecule has 1 fully saturated rings. The normalized spacial score (nSPS) is 23.9. The lowest BCUT2D eigenvalue weighted by Crippen LogP contribution is -2.37. The number of hydrogen-bond donors (Lipinski definition) is 2. The van der Waals surface area contributed by atoms with E-state index in [0.29, 0.717) is 18.9 Å². The van der Waals surface area contributed by atoms with Gasteiger partial charge in [0.2, 0.25) is 5.91 Å². The van der Waals surface area contributed by atoms with Gasteiger partial charge in [0, 0.05) is 32.2 Å². The van der Waals surface area contributed by atoms with Crippen LogP contribution in [0, 0.1) is 5.92 Å². The van der Waals surface area contributed by atoms with Crippen LogP contribution in [0.1, 0.15) is 51.9 Å². The third-order valence-electron chi connectivity index (χ3n) is 3.55. The molecule has 0 aromatic heterocycles. The van der Waals surface area contributed by atoms with Gasteiger partial charge in [-0.05, 0) is 31.6 Å². The molecular formula is C14H28N2O2. The highest BCUT2D eigenvalue weighted by Crippen LogP contribution is 2.25. The lowest BCUT2D eigenvalue weighted by atomic mass is 9.83. The van der Waals surface area contributed by atoms with Crippen molar-refractivity contribution in [3.05, 3.63) is 0 Å². The Morgan fingerprint density at radius 1 is 1.33 bits per heavy atom. The summed E-state index contributed by atoms with van der Waals surface area (Å²) in [6.45, 7) is 4.35. The maximum absolute atomic E-state index is 11.7. The van der Waals surface area contributed by atoms with Crippen molar-refractivity contribution in [2.75, 3.05) is 19.8 Å². The molecule has 0 spiro atoms. The summed E-state index contributed by atoms with van der Waals surface area (Å²) < 4.78 is 5.36. The number of carbonyl (C=O) groups excluding carboxylic acids is 1. The predicted octanol–water partition coefficient (Wildman–Crippen LogP) is 1.83. The van der Waals surface area contributed by atoms with E-state index in [1.807, 2.05) is 0 Å². The Kier molecular flexibility index (Phi) is 8.01. The van der Waals surface area contributed by atoms with Crippen LogP contribution in [0.15, 0.2) is 0 Å². The molecule has 0 bridgehead atoms. The molecule has 0 heterocycles. The summed E-state index contributed by atoms with van der Waals surface area (Å²) in [5.41, 5.74) is 6.04. The maximum atomic E-state index is 11.7. The zero-order chi connectivity index (χ0) is 13.2. The van der Waals surface area contributed by atoms with E-state index in [1.165, 1.54) is 12.8 Å². The van der Waals surface area contributed by atoms with Gasteiger partial charge < -0.3 is 15.8 Å². The monoisotopic (exact) mass is 256 g/mol. The van der Waals surface area contributed by atoms with Gasteiger partial charge >= 0.3 is 0 Å². The van der Waals surface area contributed by atoms with Crippen molar-refractivity contribution in [2.24, 2.45) is 11.7 Å². The first-order valence-corrected chi connectivity index (χ1v) is 7.34. The molecule has 1 amide bonds. The van der Waals surface area contributed by atoms with Crippen molar-refractivity contribution >= 4 is 5.91 Å². The van der Waals surface area contributed by atoms with Crippen molar-refractivity contribution in [2.45, 2.75) is 57.9 Å². The second-order valence-corrected chi connectivity index (χ2v) is 5.23. The Bertz CT molecular complexity index is 234. The third kappa shape index (κ3) is 6.36. The average Bonchev–Trinajstić information content (AvgIpc) is 2.36. The van der Waals surface area contributed by atoms with Gasteiger partial charge in [-0.25, -0.2) is 0 Å². The highest BCUT2D eigenvalue weighted by Gasteiger charge is 2.23. The van der Waals surface area contributed by atoms with Crippen molar-refractivity contribution < 1.29 is 9.53 Å². The maximum Gasteiger partial charge on any atom is 0.220 e. The molecule has 1 aliphatic rings. The van der Waals surface area contributed by atoms with Gasteiger partial charge in [-0.3, -0.25) is 4.79 Å².